The van der Waals surface area contributed by atoms with Gasteiger partial charge in [0.1, 0.15) is 6.26 Å². The molecule has 1 aromatic heterocycles. The lowest BCUT2D eigenvalue weighted by Crippen LogP contribution is -2.36. The van der Waals surface area contributed by atoms with Crippen molar-refractivity contribution in [2.75, 3.05) is 44.8 Å². The van der Waals surface area contributed by atoms with Gasteiger partial charge in [0.2, 0.25) is 5.89 Å². The minimum Gasteiger partial charge on any atom is -0.446 e. The summed E-state index contributed by atoms with van der Waals surface area (Å²) < 4.78 is 16.1. The number of para-hydroxylation sites is 1. The van der Waals surface area contributed by atoms with Crippen LogP contribution in [-0.2, 0) is 16.0 Å². The molecule has 0 radical (unpaired) electrons. The lowest BCUT2D eigenvalue weighted by molar-refractivity contribution is 0.0939. The van der Waals surface area contributed by atoms with Crippen LogP contribution >= 0.6 is 0 Å². The van der Waals surface area contributed by atoms with Gasteiger partial charge in [0, 0.05) is 45.2 Å². The molecule has 0 saturated heterocycles. The monoisotopic (exact) mass is 446 g/mol. The molecule has 176 valence electrons. The number of aromatic nitrogens is 1. The van der Waals surface area contributed by atoms with Gasteiger partial charge >= 0.3 is 6.03 Å². The summed E-state index contributed by atoms with van der Waals surface area (Å²) in [6.07, 6.45) is 2.70. The smallest absolute Gasteiger partial charge is 0.322 e. The number of aryl methyl sites for hydroxylation is 1. The molecule has 0 spiro atoms. The molecule has 0 bridgehead atoms. The molecular formula is C23H34N4O5. The van der Waals surface area contributed by atoms with E-state index in [1.54, 1.807) is 4.90 Å². The Labute approximate surface area is 189 Å². The van der Waals surface area contributed by atoms with E-state index >= 15 is 0 Å². The number of carbonyl (C=O) groups is 2. The van der Waals surface area contributed by atoms with E-state index in [-0.39, 0.29) is 24.2 Å². The molecule has 0 saturated carbocycles. The number of hydrogen-bond donors (Lipinski definition) is 2. The number of rotatable bonds is 14. The van der Waals surface area contributed by atoms with Crippen LogP contribution in [0.4, 0.5) is 10.5 Å². The van der Waals surface area contributed by atoms with Crippen molar-refractivity contribution in [2.24, 2.45) is 0 Å². The molecule has 32 heavy (non-hydrogen) atoms. The lowest BCUT2D eigenvalue weighted by atomic mass is 10.2. The van der Waals surface area contributed by atoms with Crippen molar-refractivity contribution in [3.8, 4) is 0 Å². The van der Waals surface area contributed by atoms with E-state index in [1.807, 2.05) is 45.0 Å². The zero-order valence-electron chi connectivity index (χ0n) is 19.2. The quantitative estimate of drug-likeness (QED) is 0.430. The van der Waals surface area contributed by atoms with E-state index in [1.165, 1.54) is 6.26 Å². The highest BCUT2D eigenvalue weighted by atomic mass is 16.5. The predicted octanol–water partition coefficient (Wildman–Crippen LogP) is 3.60. The summed E-state index contributed by atoms with van der Waals surface area (Å²) in [6, 6.07) is 7.31. The summed E-state index contributed by atoms with van der Waals surface area (Å²) in [7, 11) is 0. The SMILES string of the molecule is CCOCCCNC(=O)c1coc(CN(CCCOCC)C(=O)Nc2ccccc2C)n1. The second kappa shape index (κ2) is 14.2. The van der Waals surface area contributed by atoms with E-state index in [9.17, 15) is 9.59 Å². The molecule has 1 heterocycles. The fraction of sp³-hybridized carbons (Fsp3) is 0.522. The highest BCUT2D eigenvalue weighted by Crippen LogP contribution is 2.15. The number of benzene rings is 1. The molecule has 0 unspecified atom stereocenters. The van der Waals surface area contributed by atoms with Gasteiger partial charge in [-0.1, -0.05) is 18.2 Å². The number of nitrogens with zero attached hydrogens (tertiary/aromatic N) is 2. The van der Waals surface area contributed by atoms with E-state index < -0.39 is 0 Å². The van der Waals surface area contributed by atoms with Gasteiger partial charge in [-0.3, -0.25) is 4.79 Å². The Morgan fingerprint density at radius 2 is 1.81 bits per heavy atom. The third kappa shape index (κ3) is 8.68. The van der Waals surface area contributed by atoms with Gasteiger partial charge in [-0.2, -0.15) is 0 Å². The molecule has 9 nitrogen and oxygen atoms in total. The predicted molar refractivity (Wildman–Crippen MR) is 122 cm³/mol. The zero-order chi connectivity index (χ0) is 23.2. The third-order valence-corrected chi connectivity index (χ3v) is 4.66. The van der Waals surface area contributed by atoms with Crippen LogP contribution in [0, 0.1) is 6.92 Å². The summed E-state index contributed by atoms with van der Waals surface area (Å²) in [6.45, 7) is 9.29. The fourth-order valence-corrected chi connectivity index (χ4v) is 2.92. The van der Waals surface area contributed by atoms with Gasteiger partial charge in [-0.15, -0.1) is 0 Å². The van der Waals surface area contributed by atoms with Gasteiger partial charge in [-0.05, 0) is 45.2 Å². The number of urea groups is 1. The fourth-order valence-electron chi connectivity index (χ4n) is 2.92. The Bertz CT molecular complexity index is 839. The van der Waals surface area contributed by atoms with Crippen LogP contribution < -0.4 is 10.6 Å². The molecule has 0 aliphatic rings. The van der Waals surface area contributed by atoms with E-state index in [4.69, 9.17) is 13.9 Å². The van der Waals surface area contributed by atoms with Crippen molar-refractivity contribution in [3.05, 3.63) is 47.7 Å². The number of amides is 3. The number of hydrogen-bond acceptors (Lipinski definition) is 6. The number of ether oxygens (including phenoxy) is 2. The average molecular weight is 447 g/mol. The summed E-state index contributed by atoms with van der Waals surface area (Å²) in [4.78, 5) is 31.0. The molecule has 2 aromatic rings. The summed E-state index contributed by atoms with van der Waals surface area (Å²) in [5.74, 6) is -0.0236. The molecule has 2 rings (SSSR count). The second-order valence-corrected chi connectivity index (χ2v) is 7.15. The molecule has 0 aliphatic heterocycles. The van der Waals surface area contributed by atoms with Crippen LogP contribution in [0.3, 0.4) is 0 Å². The maximum atomic E-state index is 12.9. The molecule has 1 aromatic carbocycles. The summed E-state index contributed by atoms with van der Waals surface area (Å²) >= 11 is 0. The zero-order valence-corrected chi connectivity index (χ0v) is 19.2. The first-order chi connectivity index (χ1) is 15.5. The van der Waals surface area contributed by atoms with Crippen LogP contribution in [0.25, 0.3) is 0 Å². The standard InChI is InChI=1S/C23H34N4O5/c1-4-30-14-8-12-24-22(28)20-17-32-21(25-20)16-27(13-9-15-31-5-2)23(29)26-19-11-7-6-10-18(19)3/h6-7,10-11,17H,4-5,8-9,12-16H2,1-3H3,(H,24,28)(H,26,29). The molecular weight excluding hydrogens is 412 g/mol. The van der Waals surface area contributed by atoms with Crippen LogP contribution in [0.5, 0.6) is 0 Å². The van der Waals surface area contributed by atoms with E-state index in [0.29, 0.717) is 51.8 Å². The highest BCUT2D eigenvalue weighted by molar-refractivity contribution is 5.92. The third-order valence-electron chi connectivity index (χ3n) is 4.66. The van der Waals surface area contributed by atoms with Crippen LogP contribution in [0.1, 0.15) is 48.6 Å². The van der Waals surface area contributed by atoms with Crippen molar-refractivity contribution in [1.29, 1.82) is 0 Å². The number of nitrogens with one attached hydrogen (secondary N) is 2. The van der Waals surface area contributed by atoms with Crippen LogP contribution in [0.15, 0.2) is 34.9 Å². The first kappa shape index (κ1) is 25.4. The van der Waals surface area contributed by atoms with Crippen molar-refractivity contribution in [1.82, 2.24) is 15.2 Å². The van der Waals surface area contributed by atoms with Gasteiger partial charge in [0.15, 0.2) is 5.69 Å². The number of oxazole rings is 1. The van der Waals surface area contributed by atoms with Gasteiger partial charge in [0.05, 0.1) is 6.54 Å². The van der Waals surface area contributed by atoms with E-state index in [2.05, 4.69) is 15.6 Å². The Hall–Kier alpha value is -2.91. The van der Waals surface area contributed by atoms with Gasteiger partial charge < -0.3 is 29.4 Å². The molecule has 3 amide bonds. The first-order valence-corrected chi connectivity index (χ1v) is 11.0. The Balaban J connectivity index is 1.97. The van der Waals surface area contributed by atoms with Crippen LogP contribution in [0.2, 0.25) is 0 Å². The topological polar surface area (TPSA) is 106 Å². The first-order valence-electron chi connectivity index (χ1n) is 11.0. The Morgan fingerprint density at radius 3 is 2.53 bits per heavy atom. The molecule has 0 atom stereocenters. The summed E-state index contributed by atoms with van der Waals surface area (Å²) in [5, 5.41) is 5.71. The maximum absolute atomic E-state index is 12.9. The van der Waals surface area contributed by atoms with Gasteiger partial charge in [0.25, 0.3) is 5.91 Å². The number of carbonyl (C=O) groups excluding carboxylic acids is 2. The van der Waals surface area contributed by atoms with Gasteiger partial charge in [-0.25, -0.2) is 9.78 Å². The molecule has 0 fully saturated rings. The molecule has 0 aliphatic carbocycles. The Kier molecular flexibility index (Phi) is 11.3. The molecule has 2 N–H and O–H groups in total. The summed E-state index contributed by atoms with van der Waals surface area (Å²) in [5.41, 5.74) is 1.89. The molecule has 9 heteroatoms. The van der Waals surface area contributed by atoms with Crippen molar-refractivity contribution in [3.63, 3.8) is 0 Å². The van der Waals surface area contributed by atoms with Crippen LogP contribution in [-0.4, -0.2) is 61.3 Å². The number of anilines is 1. The average Bonchev–Trinajstić information content (AvgIpc) is 3.26. The Morgan fingerprint density at radius 1 is 1.09 bits per heavy atom. The minimum absolute atomic E-state index is 0.140. The van der Waals surface area contributed by atoms with E-state index in [0.717, 1.165) is 17.7 Å². The van der Waals surface area contributed by atoms with Crippen molar-refractivity contribution >= 4 is 17.6 Å². The normalized spacial score (nSPS) is 10.7. The van der Waals surface area contributed by atoms with Crippen molar-refractivity contribution in [2.45, 2.75) is 40.2 Å². The lowest BCUT2D eigenvalue weighted by Gasteiger charge is -2.22. The van der Waals surface area contributed by atoms with Crippen molar-refractivity contribution < 1.29 is 23.5 Å². The highest BCUT2D eigenvalue weighted by Gasteiger charge is 2.19. The maximum Gasteiger partial charge on any atom is 0.322 e. The second-order valence-electron chi connectivity index (χ2n) is 7.15. The minimum atomic E-state index is -0.316. The largest absolute Gasteiger partial charge is 0.446 e.